The molecule has 8 nitrogen and oxygen atoms in total. The van der Waals surface area contributed by atoms with Crippen molar-refractivity contribution in [2.75, 3.05) is 0 Å². The van der Waals surface area contributed by atoms with Crippen LogP contribution in [0.15, 0.2) is 413 Å². The number of hydrogen-bond donors (Lipinski definition) is 8. The van der Waals surface area contributed by atoms with Gasteiger partial charge in [-0.05, 0) is 305 Å². The number of benzene rings is 19. The zero-order chi connectivity index (χ0) is 101. The van der Waals surface area contributed by atoms with Crippen molar-refractivity contribution in [1.82, 2.24) is 0 Å². The first-order valence-electron chi connectivity index (χ1n) is 50.1. The van der Waals surface area contributed by atoms with Crippen LogP contribution in [0.25, 0.3) is 76.8 Å². The highest BCUT2D eigenvalue weighted by atomic mass is 16.3. The molecular weight excluding hydrogens is 1710 g/mol. The van der Waals surface area contributed by atoms with Crippen LogP contribution in [0.2, 0.25) is 0 Å². The average molecular weight is 1850 g/mol. The monoisotopic (exact) mass is 1850 g/mol. The van der Waals surface area contributed by atoms with E-state index >= 15 is 0 Å². The standard InChI is InChI=1S/C33H22O2.C29H20O2.C29H26O2.C25H18O2.8C2H6/c34-27-15-11-21-17-25(13-9-23(21)19-27)33(26-14-10-24-20-28(35)16-12-22(24)18-26)31-7-3-1-5-29(31)30-6-2-4-8-32(30)33;30-23-15-12-21(13-16-23)29(22-11-9-20-18-24(31)14-10-19(20)17-22)27-7-3-1-5-25(27)26-6-2-4-8-28(26)29;1-3-19-5-15-27-25(17-19)26-18-20(4-2)6-16-28(26)29(27,21-7-11-23(30)12-8-21)22-9-13-24(31)14-10-22;26-19-13-9-17(10-14-19)25(18-11-15-20(27)16-12-18)23-7-3-1-5-21(23)22-6-2-4-8-24(22)25;8*1-2/h1-20,34-35H;1-18,30-31H;5-18,30-31H,3-4H2,1-2H3;1-16,26-27H;8*1-2H3. The highest BCUT2D eigenvalue weighted by molar-refractivity contribution is 5.95. The Labute approximate surface area is 829 Å². The van der Waals surface area contributed by atoms with Gasteiger partial charge >= 0.3 is 0 Å². The van der Waals surface area contributed by atoms with Gasteiger partial charge in [-0.3, -0.25) is 0 Å². The van der Waals surface area contributed by atoms with E-state index in [4.69, 9.17) is 0 Å². The topological polar surface area (TPSA) is 162 Å². The Morgan fingerprint density at radius 2 is 0.300 bits per heavy atom. The van der Waals surface area contributed by atoms with Crippen LogP contribution in [0.5, 0.6) is 46.0 Å². The fourth-order valence-corrected chi connectivity index (χ4v) is 20.7. The molecule has 19 aromatic rings. The van der Waals surface area contributed by atoms with Crippen LogP contribution >= 0.6 is 0 Å². The van der Waals surface area contributed by atoms with Gasteiger partial charge in [-0.1, -0.05) is 422 Å². The van der Waals surface area contributed by atoms with Crippen LogP contribution in [-0.4, -0.2) is 40.9 Å². The molecule has 0 saturated carbocycles. The molecule has 19 aromatic carbocycles. The van der Waals surface area contributed by atoms with Crippen molar-refractivity contribution < 1.29 is 40.9 Å². The Bertz CT molecular complexity index is 6980. The molecule has 0 aliphatic heterocycles. The summed E-state index contributed by atoms with van der Waals surface area (Å²) in [5.74, 6) is 2.08. The van der Waals surface area contributed by atoms with Crippen LogP contribution in [0.4, 0.5) is 0 Å². The zero-order valence-corrected chi connectivity index (χ0v) is 84.3. The maximum absolute atomic E-state index is 10.0. The van der Waals surface area contributed by atoms with E-state index in [2.05, 4.69) is 250 Å². The van der Waals surface area contributed by atoms with Crippen LogP contribution in [-0.2, 0) is 34.5 Å². The first kappa shape index (κ1) is 103. The van der Waals surface area contributed by atoms with Crippen molar-refractivity contribution in [1.29, 1.82) is 0 Å². The summed E-state index contributed by atoms with van der Waals surface area (Å²) in [4.78, 5) is 0. The number of phenolic OH excluding ortho intramolecular Hbond substituents is 8. The lowest BCUT2D eigenvalue weighted by Crippen LogP contribution is -2.28. The third-order valence-corrected chi connectivity index (χ3v) is 26.2. The van der Waals surface area contributed by atoms with Crippen LogP contribution in [0, 0.1) is 0 Å². The third kappa shape index (κ3) is 19.0. The molecule has 710 valence electrons. The quantitative estimate of drug-likeness (QED) is 0.0671. The molecule has 0 heterocycles. The molecular formula is C132H134O8. The van der Waals surface area contributed by atoms with E-state index in [1.54, 1.807) is 84.9 Å². The predicted molar refractivity (Wildman–Crippen MR) is 590 cm³/mol. The van der Waals surface area contributed by atoms with Crippen molar-refractivity contribution in [2.24, 2.45) is 0 Å². The van der Waals surface area contributed by atoms with Crippen LogP contribution < -0.4 is 0 Å². The van der Waals surface area contributed by atoms with Gasteiger partial charge in [0, 0.05) is 0 Å². The molecule has 0 radical (unpaired) electrons. The molecule has 0 aromatic heterocycles. The van der Waals surface area contributed by atoms with E-state index in [0.29, 0.717) is 0 Å². The second-order valence-electron chi connectivity index (χ2n) is 32.7. The fraction of sp³-hybridized carbons (Fsp3) is 0.182. The fourth-order valence-electron chi connectivity index (χ4n) is 20.7. The molecule has 0 atom stereocenters. The summed E-state index contributed by atoms with van der Waals surface area (Å²) < 4.78 is 0. The van der Waals surface area contributed by atoms with Gasteiger partial charge in [0.2, 0.25) is 0 Å². The molecule has 4 aliphatic carbocycles. The van der Waals surface area contributed by atoms with Gasteiger partial charge in [-0.2, -0.15) is 0 Å². The number of phenols is 8. The van der Waals surface area contributed by atoms with Gasteiger partial charge in [0.15, 0.2) is 0 Å². The van der Waals surface area contributed by atoms with E-state index in [0.717, 1.165) is 78.5 Å². The Morgan fingerprint density at radius 3 is 0.507 bits per heavy atom. The van der Waals surface area contributed by atoms with Gasteiger partial charge in [-0.25, -0.2) is 0 Å². The number of fused-ring (bicyclic) bond motifs is 15. The van der Waals surface area contributed by atoms with Crippen molar-refractivity contribution in [3.8, 4) is 90.5 Å². The lowest BCUT2D eigenvalue weighted by atomic mass is 9.67. The van der Waals surface area contributed by atoms with Gasteiger partial charge in [0.1, 0.15) is 46.0 Å². The summed E-state index contributed by atoms with van der Waals surface area (Å²) in [6, 6.07) is 139. The van der Waals surface area contributed by atoms with Gasteiger partial charge in [0.05, 0.1) is 21.7 Å². The molecule has 0 saturated heterocycles. The molecule has 8 heteroatoms. The van der Waals surface area contributed by atoms with Gasteiger partial charge in [-0.15, -0.1) is 0 Å². The lowest BCUT2D eigenvalue weighted by Gasteiger charge is -2.34. The van der Waals surface area contributed by atoms with Gasteiger partial charge < -0.3 is 40.9 Å². The van der Waals surface area contributed by atoms with Crippen LogP contribution in [0.3, 0.4) is 0 Å². The summed E-state index contributed by atoms with van der Waals surface area (Å²) in [7, 11) is 0. The first-order chi connectivity index (χ1) is 68.6. The van der Waals surface area contributed by atoms with Crippen molar-refractivity contribution in [2.45, 2.75) is 159 Å². The maximum atomic E-state index is 10.0. The number of rotatable bonds is 10. The number of aryl methyl sites for hydroxylation is 2. The summed E-state index contributed by atoms with van der Waals surface area (Å²) in [6.45, 7) is 36.4. The zero-order valence-electron chi connectivity index (χ0n) is 84.3. The molecule has 4 aliphatic rings. The second kappa shape index (κ2) is 46.9. The summed E-state index contributed by atoms with van der Waals surface area (Å²) in [6.07, 6.45) is 1.98. The van der Waals surface area contributed by atoms with Gasteiger partial charge in [0.25, 0.3) is 0 Å². The largest absolute Gasteiger partial charge is 0.508 e. The van der Waals surface area contributed by atoms with Crippen molar-refractivity contribution >= 4 is 32.3 Å². The average Bonchev–Trinajstić information content (AvgIpc) is 1.55. The molecule has 0 unspecified atom stereocenters. The first-order valence-corrected chi connectivity index (χ1v) is 50.1. The second-order valence-corrected chi connectivity index (χ2v) is 32.7. The molecule has 0 amide bonds. The Kier molecular flexibility index (Phi) is 34.6. The van der Waals surface area contributed by atoms with E-state index < -0.39 is 21.7 Å². The molecule has 23 rings (SSSR count). The van der Waals surface area contributed by atoms with E-state index in [9.17, 15) is 40.9 Å². The predicted octanol–water partition coefficient (Wildman–Crippen LogP) is 34.6. The summed E-state index contributed by atoms with van der Waals surface area (Å²) in [5.41, 5.74) is 29.5. The molecule has 0 fully saturated rings. The van der Waals surface area contributed by atoms with E-state index in [-0.39, 0.29) is 46.0 Å². The SMILES string of the molecule is CC.CC.CC.CC.CC.CC.CC.CC.CCc1ccc2c(c1)-c1cc(CC)ccc1C2(c1ccc(O)cc1)c1ccc(O)cc1.Oc1ccc(C2(c3ccc(O)cc3)c3ccccc3-c3ccccc32)cc1.Oc1ccc(C2(c3ccc4cc(O)ccc4c3)c3ccccc3-c3ccccc32)cc1.Oc1ccc2cc(C3(c4ccc5cc(O)ccc5c4)c4ccccc4-c4ccccc43)ccc2c1. The minimum atomic E-state index is -0.509. The summed E-state index contributed by atoms with van der Waals surface area (Å²) >= 11 is 0. The molecule has 0 spiro atoms. The Balaban J connectivity index is 0.000000160. The normalized spacial score (nSPS) is 12.4. The van der Waals surface area contributed by atoms with Crippen LogP contribution in [0.1, 0.15) is 225 Å². The number of aromatic hydroxyl groups is 8. The minimum Gasteiger partial charge on any atom is -0.508 e. The van der Waals surface area contributed by atoms with Crippen molar-refractivity contribution in [3.05, 3.63) is 513 Å². The number of hydrogen-bond acceptors (Lipinski definition) is 8. The maximum Gasteiger partial charge on any atom is 0.116 e. The molecule has 8 N–H and O–H groups in total. The molecule has 0 bridgehead atoms. The molecule has 140 heavy (non-hydrogen) atoms. The smallest absolute Gasteiger partial charge is 0.116 e. The van der Waals surface area contributed by atoms with Crippen molar-refractivity contribution in [3.63, 3.8) is 0 Å². The van der Waals surface area contributed by atoms with E-state index in [1.165, 1.54) is 111 Å². The highest BCUT2D eigenvalue weighted by Crippen LogP contribution is 2.62. The third-order valence-electron chi connectivity index (χ3n) is 26.2. The Hall–Kier alpha value is -15.6. The highest BCUT2D eigenvalue weighted by Gasteiger charge is 2.51. The minimum absolute atomic E-state index is 0.249. The Morgan fingerprint density at radius 1 is 0.143 bits per heavy atom. The van der Waals surface area contributed by atoms with E-state index in [1.807, 2.05) is 202 Å². The summed E-state index contributed by atoms with van der Waals surface area (Å²) in [5, 5.41) is 85.8. The lowest BCUT2D eigenvalue weighted by molar-refractivity contribution is 0.473.